The molecule has 0 aliphatic heterocycles. The number of fused-ring (bicyclic) bond motifs is 1. The number of carbonyl (C=O) groups is 1. The molecule has 0 unspecified atom stereocenters. The third-order valence-electron chi connectivity index (χ3n) is 3.99. The minimum absolute atomic E-state index is 0.169. The molecule has 26 heavy (non-hydrogen) atoms. The van der Waals surface area contributed by atoms with Crippen molar-refractivity contribution in [3.05, 3.63) is 65.9 Å². The van der Waals surface area contributed by atoms with E-state index in [9.17, 15) is 4.79 Å². The van der Waals surface area contributed by atoms with Gasteiger partial charge in [-0.25, -0.2) is 0 Å². The van der Waals surface area contributed by atoms with Crippen LogP contribution in [0, 0.1) is 0 Å². The molecule has 1 aromatic heterocycles. The van der Waals surface area contributed by atoms with Crippen molar-refractivity contribution in [3.63, 3.8) is 0 Å². The van der Waals surface area contributed by atoms with Gasteiger partial charge in [0.2, 0.25) is 5.75 Å². The molecule has 0 atom stereocenters. The van der Waals surface area contributed by atoms with Crippen LogP contribution in [0.5, 0.6) is 17.2 Å². The minimum atomic E-state index is -0.169. The number of carbonyl (C=O) groups excluding carboxylic acids is 1. The largest absolute Gasteiger partial charge is 0.493 e. The second kappa shape index (κ2) is 7.70. The number of aromatic nitrogens is 1. The third-order valence-corrected chi connectivity index (χ3v) is 3.99. The van der Waals surface area contributed by atoms with E-state index in [0.717, 1.165) is 16.5 Å². The number of methoxy groups -OCH3 is 3. The summed E-state index contributed by atoms with van der Waals surface area (Å²) in [6.07, 6.45) is 4.98. The number of rotatable bonds is 6. The Bertz CT molecular complexity index is 954. The quantitative estimate of drug-likeness (QED) is 0.494. The minimum Gasteiger partial charge on any atom is -0.493 e. The van der Waals surface area contributed by atoms with Crippen LogP contribution in [0.15, 0.2) is 54.7 Å². The van der Waals surface area contributed by atoms with Crippen LogP contribution in [-0.4, -0.2) is 32.1 Å². The van der Waals surface area contributed by atoms with Gasteiger partial charge in [-0.05, 0) is 42.0 Å². The van der Waals surface area contributed by atoms with Gasteiger partial charge in [0.25, 0.3) is 0 Å². The Morgan fingerprint density at radius 3 is 2.31 bits per heavy atom. The maximum absolute atomic E-state index is 12.6. The van der Waals surface area contributed by atoms with Crippen LogP contribution in [0.3, 0.4) is 0 Å². The fourth-order valence-electron chi connectivity index (χ4n) is 2.67. The molecule has 5 heteroatoms. The van der Waals surface area contributed by atoms with Crippen molar-refractivity contribution < 1.29 is 19.0 Å². The van der Waals surface area contributed by atoms with Crippen molar-refractivity contribution in [2.75, 3.05) is 21.3 Å². The molecule has 5 nitrogen and oxygen atoms in total. The lowest BCUT2D eigenvalue weighted by atomic mass is 10.1. The summed E-state index contributed by atoms with van der Waals surface area (Å²) >= 11 is 0. The molecule has 0 saturated carbocycles. The number of benzene rings is 2. The summed E-state index contributed by atoms with van der Waals surface area (Å²) in [4.78, 5) is 16.9. The second-order valence-corrected chi connectivity index (χ2v) is 5.57. The van der Waals surface area contributed by atoms with Crippen LogP contribution >= 0.6 is 0 Å². The van der Waals surface area contributed by atoms with Crippen molar-refractivity contribution in [2.45, 2.75) is 0 Å². The number of hydrogen-bond donors (Lipinski definition) is 0. The lowest BCUT2D eigenvalue weighted by molar-refractivity contribution is 0.104. The molecule has 0 saturated heterocycles. The summed E-state index contributed by atoms with van der Waals surface area (Å²) in [5.41, 5.74) is 2.22. The molecule has 0 bridgehead atoms. The second-order valence-electron chi connectivity index (χ2n) is 5.57. The first-order valence-electron chi connectivity index (χ1n) is 8.03. The van der Waals surface area contributed by atoms with Crippen molar-refractivity contribution in [1.82, 2.24) is 4.98 Å². The van der Waals surface area contributed by atoms with Gasteiger partial charge in [-0.15, -0.1) is 0 Å². The van der Waals surface area contributed by atoms with Gasteiger partial charge < -0.3 is 14.2 Å². The summed E-state index contributed by atoms with van der Waals surface area (Å²) in [6, 6.07) is 13.1. The molecule has 0 spiro atoms. The van der Waals surface area contributed by atoms with Crippen LogP contribution in [-0.2, 0) is 0 Å². The van der Waals surface area contributed by atoms with Gasteiger partial charge in [0.1, 0.15) is 0 Å². The van der Waals surface area contributed by atoms with Gasteiger partial charge in [-0.2, -0.15) is 0 Å². The molecule has 3 rings (SSSR count). The molecule has 2 aromatic carbocycles. The molecule has 0 fully saturated rings. The standard InChI is InChI=1S/C21H19NO4/c1-24-19-11-16(12-20(25-2)21(19)26-3)18(23)9-8-14-10-15-6-4-5-7-17(15)22-13-14/h4-13H,1-3H3/b9-8+. The number of nitrogens with zero attached hydrogens (tertiary/aromatic N) is 1. The molecular weight excluding hydrogens is 330 g/mol. The van der Waals surface area contributed by atoms with Gasteiger partial charge >= 0.3 is 0 Å². The summed E-state index contributed by atoms with van der Waals surface area (Å²) in [6.45, 7) is 0. The van der Waals surface area contributed by atoms with E-state index in [0.29, 0.717) is 22.8 Å². The Morgan fingerprint density at radius 1 is 0.962 bits per heavy atom. The topological polar surface area (TPSA) is 57.7 Å². The molecule has 0 amide bonds. The Balaban J connectivity index is 1.89. The predicted octanol–water partition coefficient (Wildman–Crippen LogP) is 4.16. The first-order valence-corrected chi connectivity index (χ1v) is 8.03. The van der Waals surface area contributed by atoms with E-state index < -0.39 is 0 Å². The van der Waals surface area contributed by atoms with E-state index in [1.54, 1.807) is 24.4 Å². The Labute approximate surface area is 151 Å². The van der Waals surface area contributed by atoms with Crippen LogP contribution in [0.4, 0.5) is 0 Å². The highest BCUT2D eigenvalue weighted by Crippen LogP contribution is 2.38. The number of ether oxygens (including phenoxy) is 3. The molecule has 0 N–H and O–H groups in total. The van der Waals surface area contributed by atoms with Crippen molar-refractivity contribution in [1.29, 1.82) is 0 Å². The highest BCUT2D eigenvalue weighted by atomic mass is 16.5. The first kappa shape index (κ1) is 17.5. The van der Waals surface area contributed by atoms with Gasteiger partial charge in [0, 0.05) is 17.1 Å². The van der Waals surface area contributed by atoms with Crippen molar-refractivity contribution in [2.24, 2.45) is 0 Å². The number of para-hydroxylation sites is 1. The van der Waals surface area contributed by atoms with E-state index in [1.165, 1.54) is 27.4 Å². The molecule has 132 valence electrons. The highest BCUT2D eigenvalue weighted by molar-refractivity contribution is 6.07. The molecule has 0 radical (unpaired) electrons. The molecule has 1 heterocycles. The van der Waals surface area contributed by atoms with Crippen LogP contribution < -0.4 is 14.2 Å². The number of allylic oxidation sites excluding steroid dienone is 1. The van der Waals surface area contributed by atoms with Crippen LogP contribution in [0.25, 0.3) is 17.0 Å². The van der Waals surface area contributed by atoms with Gasteiger partial charge in [0.05, 0.1) is 26.8 Å². The average molecular weight is 349 g/mol. The fourth-order valence-corrected chi connectivity index (χ4v) is 2.67. The van der Waals surface area contributed by atoms with E-state index in [1.807, 2.05) is 30.3 Å². The monoisotopic (exact) mass is 349 g/mol. The normalized spacial score (nSPS) is 10.9. The summed E-state index contributed by atoms with van der Waals surface area (Å²) in [5, 5.41) is 1.02. The van der Waals surface area contributed by atoms with E-state index in [2.05, 4.69) is 4.98 Å². The summed E-state index contributed by atoms with van der Waals surface area (Å²) < 4.78 is 15.9. The van der Waals surface area contributed by atoms with Crippen LogP contribution in [0.1, 0.15) is 15.9 Å². The SMILES string of the molecule is COc1cc(C(=O)/C=C/c2cnc3ccccc3c2)cc(OC)c1OC. The average Bonchev–Trinajstić information content (AvgIpc) is 2.70. The zero-order chi connectivity index (χ0) is 18.5. The van der Waals surface area contributed by atoms with E-state index >= 15 is 0 Å². The summed E-state index contributed by atoms with van der Waals surface area (Å²) in [5.74, 6) is 1.17. The highest BCUT2D eigenvalue weighted by Gasteiger charge is 2.15. The van der Waals surface area contributed by atoms with Crippen molar-refractivity contribution >= 4 is 22.8 Å². The van der Waals surface area contributed by atoms with Gasteiger partial charge in [0.15, 0.2) is 17.3 Å². The van der Waals surface area contributed by atoms with Crippen molar-refractivity contribution in [3.8, 4) is 17.2 Å². The molecule has 0 aliphatic rings. The summed E-state index contributed by atoms with van der Waals surface area (Å²) in [7, 11) is 4.55. The fraction of sp³-hybridized carbons (Fsp3) is 0.143. The van der Waals surface area contributed by atoms with Gasteiger partial charge in [-0.3, -0.25) is 9.78 Å². The Hall–Kier alpha value is -3.34. The maximum atomic E-state index is 12.6. The number of pyridine rings is 1. The third kappa shape index (κ3) is 3.52. The van der Waals surface area contributed by atoms with Gasteiger partial charge in [-0.1, -0.05) is 18.2 Å². The smallest absolute Gasteiger partial charge is 0.203 e. The lowest BCUT2D eigenvalue weighted by Gasteiger charge is -2.13. The molecular formula is C21H19NO4. The van der Waals surface area contributed by atoms with E-state index in [-0.39, 0.29) is 5.78 Å². The molecule has 3 aromatic rings. The zero-order valence-electron chi connectivity index (χ0n) is 14.9. The zero-order valence-corrected chi connectivity index (χ0v) is 14.9. The Kier molecular flexibility index (Phi) is 5.17. The van der Waals surface area contributed by atoms with Crippen LogP contribution in [0.2, 0.25) is 0 Å². The van der Waals surface area contributed by atoms with E-state index in [4.69, 9.17) is 14.2 Å². The Morgan fingerprint density at radius 2 is 1.65 bits per heavy atom. The maximum Gasteiger partial charge on any atom is 0.203 e. The predicted molar refractivity (Wildman–Crippen MR) is 101 cm³/mol. The number of hydrogen-bond acceptors (Lipinski definition) is 5. The lowest BCUT2D eigenvalue weighted by Crippen LogP contribution is -2.00. The number of ketones is 1. The molecule has 0 aliphatic carbocycles. The first-order chi connectivity index (χ1) is 12.7.